The zero-order valence-electron chi connectivity index (χ0n) is 15.4. The lowest BCUT2D eigenvalue weighted by Gasteiger charge is -2.08. The van der Waals surface area contributed by atoms with E-state index in [0.29, 0.717) is 17.6 Å². The first-order valence-corrected chi connectivity index (χ1v) is 10.6. The van der Waals surface area contributed by atoms with Gasteiger partial charge in [-0.1, -0.05) is 20.3 Å². The van der Waals surface area contributed by atoms with E-state index in [1.54, 1.807) is 22.7 Å². The molecule has 0 saturated carbocycles. The van der Waals surface area contributed by atoms with Gasteiger partial charge in [0.1, 0.15) is 17.2 Å². The molecule has 4 aromatic rings. The highest BCUT2D eigenvalue weighted by molar-refractivity contribution is 7.18. The Bertz CT molecular complexity index is 1120. The molecule has 1 N–H and O–H groups in total. The van der Waals surface area contributed by atoms with Crippen LogP contribution in [0.2, 0.25) is 0 Å². The molecule has 4 rings (SSSR count). The SMILES string of the molecule is CC[C@@H](C)Cc1c(C)sc2nc(Cn3nnc(-c4ccsc4)n3)[nH]c(=O)c12. The van der Waals surface area contributed by atoms with Crippen molar-refractivity contribution in [2.24, 2.45) is 5.92 Å². The Morgan fingerprint density at radius 2 is 2.22 bits per heavy atom. The Morgan fingerprint density at radius 1 is 1.37 bits per heavy atom. The third-order valence-corrected chi connectivity index (χ3v) is 6.41. The standard InChI is InChI=1S/C18H20N6OS2/c1-4-10(2)7-13-11(3)27-18-15(13)17(25)19-14(20-18)8-24-22-16(21-23-24)12-5-6-26-9-12/h5-6,9-10H,4,7-8H2,1-3H3,(H,19,20,25)/t10-/m1/s1. The third-order valence-electron chi connectivity index (χ3n) is 4.68. The highest BCUT2D eigenvalue weighted by Gasteiger charge is 2.17. The summed E-state index contributed by atoms with van der Waals surface area (Å²) in [7, 11) is 0. The molecule has 9 heteroatoms. The van der Waals surface area contributed by atoms with Gasteiger partial charge in [0.2, 0.25) is 5.82 Å². The number of aryl methyl sites for hydroxylation is 1. The molecule has 27 heavy (non-hydrogen) atoms. The van der Waals surface area contributed by atoms with E-state index in [9.17, 15) is 4.79 Å². The fourth-order valence-corrected chi connectivity index (χ4v) is 4.69. The molecule has 7 nitrogen and oxygen atoms in total. The van der Waals surface area contributed by atoms with Gasteiger partial charge in [0.15, 0.2) is 0 Å². The van der Waals surface area contributed by atoms with E-state index < -0.39 is 0 Å². The Kier molecular flexibility index (Phi) is 4.88. The summed E-state index contributed by atoms with van der Waals surface area (Å²) in [6.07, 6.45) is 1.99. The van der Waals surface area contributed by atoms with E-state index in [0.717, 1.165) is 34.2 Å². The normalized spacial score (nSPS) is 12.7. The van der Waals surface area contributed by atoms with E-state index in [4.69, 9.17) is 0 Å². The fourth-order valence-electron chi connectivity index (χ4n) is 2.98. The second kappa shape index (κ2) is 7.32. The van der Waals surface area contributed by atoms with Gasteiger partial charge >= 0.3 is 0 Å². The smallest absolute Gasteiger partial charge is 0.259 e. The van der Waals surface area contributed by atoms with Crippen LogP contribution in [0.15, 0.2) is 21.6 Å². The monoisotopic (exact) mass is 400 g/mol. The topological polar surface area (TPSA) is 89.3 Å². The van der Waals surface area contributed by atoms with Gasteiger partial charge in [-0.25, -0.2) is 4.98 Å². The van der Waals surface area contributed by atoms with Crippen molar-refractivity contribution in [2.75, 3.05) is 0 Å². The highest BCUT2D eigenvalue weighted by atomic mass is 32.1. The van der Waals surface area contributed by atoms with Gasteiger partial charge in [0.25, 0.3) is 5.56 Å². The predicted octanol–water partition coefficient (Wildman–Crippen LogP) is 3.64. The molecule has 0 amide bonds. The third kappa shape index (κ3) is 3.57. The molecule has 0 aromatic carbocycles. The van der Waals surface area contributed by atoms with Crippen molar-refractivity contribution < 1.29 is 0 Å². The number of fused-ring (bicyclic) bond motifs is 1. The number of nitrogens with zero attached hydrogens (tertiary/aromatic N) is 5. The first-order chi connectivity index (χ1) is 13.0. The van der Waals surface area contributed by atoms with E-state index >= 15 is 0 Å². The second-order valence-electron chi connectivity index (χ2n) is 6.70. The van der Waals surface area contributed by atoms with E-state index in [2.05, 4.69) is 46.1 Å². The lowest BCUT2D eigenvalue weighted by atomic mass is 9.98. The number of hydrogen-bond donors (Lipinski definition) is 1. The molecule has 1 atom stereocenters. The minimum Gasteiger partial charge on any atom is -0.308 e. The first-order valence-electron chi connectivity index (χ1n) is 8.86. The van der Waals surface area contributed by atoms with Gasteiger partial charge in [-0.3, -0.25) is 4.79 Å². The largest absolute Gasteiger partial charge is 0.308 e. The molecular weight excluding hydrogens is 380 g/mol. The molecule has 0 spiro atoms. The summed E-state index contributed by atoms with van der Waals surface area (Å²) in [5.41, 5.74) is 1.98. The maximum atomic E-state index is 12.7. The van der Waals surface area contributed by atoms with Crippen molar-refractivity contribution in [1.82, 2.24) is 30.2 Å². The van der Waals surface area contributed by atoms with Gasteiger partial charge in [-0.15, -0.1) is 21.5 Å². The predicted molar refractivity (Wildman–Crippen MR) is 108 cm³/mol. The minimum absolute atomic E-state index is 0.0872. The molecule has 0 saturated heterocycles. The summed E-state index contributed by atoms with van der Waals surface area (Å²) in [5, 5.41) is 17.2. The van der Waals surface area contributed by atoms with Crippen LogP contribution < -0.4 is 5.56 Å². The van der Waals surface area contributed by atoms with E-state index in [1.165, 1.54) is 9.67 Å². The van der Waals surface area contributed by atoms with Crippen LogP contribution in [0.3, 0.4) is 0 Å². The first kappa shape index (κ1) is 18.0. The number of hydrogen-bond acceptors (Lipinski definition) is 7. The number of thiophene rings is 2. The number of tetrazole rings is 1. The molecule has 0 radical (unpaired) electrons. The average molecular weight is 401 g/mol. The number of aromatic nitrogens is 6. The van der Waals surface area contributed by atoms with Crippen molar-refractivity contribution in [3.63, 3.8) is 0 Å². The van der Waals surface area contributed by atoms with Crippen LogP contribution >= 0.6 is 22.7 Å². The van der Waals surface area contributed by atoms with Crippen LogP contribution in [0.5, 0.6) is 0 Å². The summed E-state index contributed by atoms with van der Waals surface area (Å²) in [6.45, 7) is 6.72. The maximum Gasteiger partial charge on any atom is 0.259 e. The Balaban J connectivity index is 1.65. The molecule has 140 valence electrons. The number of nitrogens with one attached hydrogen (secondary N) is 1. The molecular formula is C18H20N6OS2. The quantitative estimate of drug-likeness (QED) is 0.534. The van der Waals surface area contributed by atoms with Crippen LogP contribution in [-0.4, -0.2) is 30.2 Å². The van der Waals surface area contributed by atoms with Gasteiger partial charge in [0, 0.05) is 15.8 Å². The molecule has 4 heterocycles. The lowest BCUT2D eigenvalue weighted by Crippen LogP contribution is -2.16. The zero-order chi connectivity index (χ0) is 19.0. The molecule has 0 bridgehead atoms. The minimum atomic E-state index is -0.0872. The van der Waals surface area contributed by atoms with E-state index in [1.807, 2.05) is 16.8 Å². The molecule has 0 aliphatic rings. The summed E-state index contributed by atoms with van der Waals surface area (Å²) < 4.78 is 0. The van der Waals surface area contributed by atoms with Gasteiger partial charge in [0.05, 0.1) is 5.39 Å². The highest BCUT2D eigenvalue weighted by Crippen LogP contribution is 2.29. The van der Waals surface area contributed by atoms with Crippen LogP contribution in [0, 0.1) is 12.8 Å². The summed E-state index contributed by atoms with van der Waals surface area (Å²) in [5.74, 6) is 1.65. The van der Waals surface area contributed by atoms with Crippen molar-refractivity contribution in [1.29, 1.82) is 0 Å². The zero-order valence-corrected chi connectivity index (χ0v) is 17.0. The Morgan fingerprint density at radius 3 is 2.96 bits per heavy atom. The van der Waals surface area contributed by atoms with E-state index in [-0.39, 0.29) is 12.1 Å². The lowest BCUT2D eigenvalue weighted by molar-refractivity contribution is 0.554. The molecule has 0 unspecified atom stereocenters. The molecule has 4 aromatic heterocycles. The summed E-state index contributed by atoms with van der Waals surface area (Å²) in [4.78, 5) is 23.7. The maximum absolute atomic E-state index is 12.7. The van der Waals surface area contributed by atoms with Crippen LogP contribution in [0.25, 0.3) is 21.6 Å². The molecule has 0 aliphatic heterocycles. The van der Waals surface area contributed by atoms with Crippen molar-refractivity contribution in [2.45, 2.75) is 40.2 Å². The van der Waals surface area contributed by atoms with Crippen LogP contribution in [0.1, 0.15) is 36.5 Å². The second-order valence-corrected chi connectivity index (χ2v) is 8.69. The fraction of sp³-hybridized carbons (Fsp3) is 0.389. The van der Waals surface area contributed by atoms with Gasteiger partial charge in [-0.2, -0.15) is 16.1 Å². The van der Waals surface area contributed by atoms with Crippen molar-refractivity contribution in [3.05, 3.63) is 43.4 Å². The van der Waals surface area contributed by atoms with Gasteiger partial charge in [-0.05, 0) is 41.5 Å². The van der Waals surface area contributed by atoms with Gasteiger partial charge < -0.3 is 4.98 Å². The van der Waals surface area contributed by atoms with Crippen molar-refractivity contribution in [3.8, 4) is 11.4 Å². The molecule has 0 fully saturated rings. The van der Waals surface area contributed by atoms with Crippen molar-refractivity contribution >= 4 is 32.9 Å². The van der Waals surface area contributed by atoms with Crippen LogP contribution in [0.4, 0.5) is 0 Å². The summed E-state index contributed by atoms with van der Waals surface area (Å²) in [6, 6.07) is 1.95. The molecule has 0 aliphatic carbocycles. The van der Waals surface area contributed by atoms with Crippen LogP contribution in [-0.2, 0) is 13.0 Å². The number of rotatable bonds is 6. The average Bonchev–Trinajstić information content (AvgIpc) is 3.36. The Hall–Kier alpha value is -2.39. The summed E-state index contributed by atoms with van der Waals surface area (Å²) >= 11 is 3.16. The number of aromatic amines is 1. The Labute approximate surface area is 164 Å². The number of H-pyrrole nitrogens is 1.